The van der Waals surface area contributed by atoms with Gasteiger partial charge in [0.15, 0.2) is 5.96 Å². The Morgan fingerprint density at radius 1 is 1.14 bits per heavy atom. The van der Waals surface area contributed by atoms with Crippen molar-refractivity contribution in [1.29, 1.82) is 0 Å². The number of alkyl halides is 3. The summed E-state index contributed by atoms with van der Waals surface area (Å²) in [5.74, 6) is -0.312. The SMILES string of the molecule is COCc1ccccc1NC(N)=NCCNC(=O)c1ccc(C(F)(F)F)cc1.I. The van der Waals surface area contributed by atoms with Gasteiger partial charge < -0.3 is 21.1 Å². The molecule has 0 aliphatic carbocycles. The average molecular weight is 522 g/mol. The van der Waals surface area contributed by atoms with Crippen LogP contribution in [0.15, 0.2) is 53.5 Å². The van der Waals surface area contributed by atoms with Crippen molar-refractivity contribution in [2.24, 2.45) is 10.7 Å². The molecule has 1 amide bonds. The smallest absolute Gasteiger partial charge is 0.380 e. The number of amides is 1. The van der Waals surface area contributed by atoms with Crippen molar-refractivity contribution >= 4 is 41.5 Å². The molecular weight excluding hydrogens is 500 g/mol. The Kier molecular flexibility index (Phi) is 9.89. The molecule has 10 heteroatoms. The van der Waals surface area contributed by atoms with Crippen molar-refractivity contribution in [3.8, 4) is 0 Å². The molecule has 0 aliphatic rings. The summed E-state index contributed by atoms with van der Waals surface area (Å²) in [4.78, 5) is 16.1. The summed E-state index contributed by atoms with van der Waals surface area (Å²) in [6.07, 6.45) is -4.43. The molecule has 0 saturated carbocycles. The van der Waals surface area contributed by atoms with E-state index in [-0.39, 0.29) is 48.6 Å². The Balaban J connectivity index is 0.00000420. The summed E-state index contributed by atoms with van der Waals surface area (Å²) in [6.45, 7) is 0.805. The summed E-state index contributed by atoms with van der Waals surface area (Å²) in [5, 5.41) is 5.54. The number of para-hydroxylation sites is 1. The van der Waals surface area contributed by atoms with Crippen molar-refractivity contribution in [2.75, 3.05) is 25.5 Å². The van der Waals surface area contributed by atoms with Gasteiger partial charge >= 0.3 is 6.18 Å². The van der Waals surface area contributed by atoms with E-state index in [0.717, 1.165) is 35.5 Å². The zero-order valence-electron chi connectivity index (χ0n) is 15.6. The molecule has 0 aliphatic heterocycles. The molecule has 0 heterocycles. The number of rotatable bonds is 7. The second-order valence-electron chi connectivity index (χ2n) is 5.81. The van der Waals surface area contributed by atoms with E-state index in [2.05, 4.69) is 15.6 Å². The van der Waals surface area contributed by atoms with Gasteiger partial charge in [0.1, 0.15) is 0 Å². The van der Waals surface area contributed by atoms with Gasteiger partial charge in [-0.25, -0.2) is 0 Å². The Labute approximate surface area is 183 Å². The number of anilines is 1. The normalized spacial score (nSPS) is 11.5. The Morgan fingerprint density at radius 3 is 2.41 bits per heavy atom. The maximum atomic E-state index is 12.5. The average Bonchev–Trinajstić information content (AvgIpc) is 2.66. The molecule has 4 N–H and O–H groups in total. The van der Waals surface area contributed by atoms with Crippen molar-refractivity contribution in [1.82, 2.24) is 5.32 Å². The van der Waals surface area contributed by atoms with Gasteiger partial charge in [0.2, 0.25) is 0 Å². The first-order valence-electron chi connectivity index (χ1n) is 8.40. The van der Waals surface area contributed by atoms with Gasteiger partial charge in [-0.1, -0.05) is 18.2 Å². The molecule has 0 unspecified atom stereocenters. The summed E-state index contributed by atoms with van der Waals surface area (Å²) in [6, 6.07) is 11.4. The number of hydrogen-bond donors (Lipinski definition) is 3. The minimum atomic E-state index is -4.43. The number of nitrogens with zero attached hydrogens (tertiary/aromatic N) is 1. The molecule has 6 nitrogen and oxygen atoms in total. The number of carbonyl (C=O) groups is 1. The highest BCUT2D eigenvalue weighted by Crippen LogP contribution is 2.29. The lowest BCUT2D eigenvalue weighted by Crippen LogP contribution is -2.28. The lowest BCUT2D eigenvalue weighted by molar-refractivity contribution is -0.137. The van der Waals surface area contributed by atoms with E-state index in [9.17, 15) is 18.0 Å². The van der Waals surface area contributed by atoms with Crippen LogP contribution in [0.1, 0.15) is 21.5 Å². The Bertz CT molecular complexity index is 827. The molecule has 0 saturated heterocycles. The van der Waals surface area contributed by atoms with E-state index in [1.54, 1.807) is 7.11 Å². The summed E-state index contributed by atoms with van der Waals surface area (Å²) in [7, 11) is 1.59. The van der Waals surface area contributed by atoms with Crippen LogP contribution < -0.4 is 16.4 Å². The molecule has 2 aromatic carbocycles. The van der Waals surface area contributed by atoms with Crippen molar-refractivity contribution in [3.63, 3.8) is 0 Å². The topological polar surface area (TPSA) is 88.7 Å². The number of ether oxygens (including phenoxy) is 1. The first-order chi connectivity index (χ1) is 13.3. The van der Waals surface area contributed by atoms with Crippen LogP contribution in [0.5, 0.6) is 0 Å². The van der Waals surface area contributed by atoms with E-state index < -0.39 is 17.6 Å². The van der Waals surface area contributed by atoms with Crippen LogP contribution in [-0.2, 0) is 17.5 Å². The van der Waals surface area contributed by atoms with Crippen LogP contribution in [0.4, 0.5) is 18.9 Å². The van der Waals surface area contributed by atoms with Crippen LogP contribution in [0.3, 0.4) is 0 Å². The largest absolute Gasteiger partial charge is 0.416 e. The molecular formula is C19H22F3IN4O2. The van der Waals surface area contributed by atoms with E-state index in [1.807, 2.05) is 24.3 Å². The minimum absolute atomic E-state index is 0. The quantitative estimate of drug-likeness (QED) is 0.224. The van der Waals surface area contributed by atoms with Gasteiger partial charge in [0.25, 0.3) is 5.91 Å². The zero-order valence-corrected chi connectivity index (χ0v) is 18.0. The predicted octanol–water partition coefficient (Wildman–Crippen LogP) is 3.63. The van der Waals surface area contributed by atoms with Gasteiger partial charge in [-0.15, -0.1) is 24.0 Å². The zero-order chi connectivity index (χ0) is 20.6. The molecule has 29 heavy (non-hydrogen) atoms. The number of nitrogens with two attached hydrogens (primary N) is 1. The summed E-state index contributed by atoms with van der Waals surface area (Å²) in [5.41, 5.74) is 6.85. The predicted molar refractivity (Wildman–Crippen MR) is 116 cm³/mol. The second kappa shape index (κ2) is 11.6. The third-order valence-electron chi connectivity index (χ3n) is 3.73. The molecule has 0 aromatic heterocycles. The lowest BCUT2D eigenvalue weighted by atomic mass is 10.1. The van der Waals surface area contributed by atoms with Gasteiger partial charge in [-0.3, -0.25) is 9.79 Å². The monoisotopic (exact) mass is 522 g/mol. The van der Waals surface area contributed by atoms with Crippen molar-refractivity contribution < 1.29 is 22.7 Å². The molecule has 158 valence electrons. The maximum Gasteiger partial charge on any atom is 0.416 e. The fourth-order valence-electron chi connectivity index (χ4n) is 2.36. The van der Waals surface area contributed by atoms with Crippen molar-refractivity contribution in [3.05, 3.63) is 65.2 Å². The number of hydrogen-bond acceptors (Lipinski definition) is 3. The number of halogens is 4. The van der Waals surface area contributed by atoms with Crippen LogP contribution in [0.25, 0.3) is 0 Å². The molecule has 0 bridgehead atoms. The van der Waals surface area contributed by atoms with Crippen LogP contribution >= 0.6 is 24.0 Å². The standard InChI is InChI=1S/C19H21F3N4O2.HI/c1-28-12-14-4-2-3-5-16(14)26-18(23)25-11-10-24-17(27)13-6-8-15(9-7-13)19(20,21)22;/h2-9H,10-12H2,1H3,(H,24,27)(H3,23,25,26);1H. The van der Waals surface area contributed by atoms with Gasteiger partial charge in [0.05, 0.1) is 18.7 Å². The molecule has 2 aromatic rings. The summed E-state index contributed by atoms with van der Waals surface area (Å²) >= 11 is 0. The first-order valence-corrected chi connectivity index (χ1v) is 8.40. The third-order valence-corrected chi connectivity index (χ3v) is 3.73. The number of guanidine groups is 1. The van der Waals surface area contributed by atoms with Crippen molar-refractivity contribution in [2.45, 2.75) is 12.8 Å². The van der Waals surface area contributed by atoms with E-state index in [1.165, 1.54) is 0 Å². The number of benzene rings is 2. The fourth-order valence-corrected chi connectivity index (χ4v) is 2.36. The molecule has 0 atom stereocenters. The molecule has 0 radical (unpaired) electrons. The van der Waals surface area contributed by atoms with E-state index in [4.69, 9.17) is 10.5 Å². The molecule has 0 fully saturated rings. The number of aliphatic imine (C=N–C) groups is 1. The lowest BCUT2D eigenvalue weighted by Gasteiger charge is -2.11. The maximum absolute atomic E-state index is 12.5. The van der Waals surface area contributed by atoms with Crippen LogP contribution in [0, 0.1) is 0 Å². The highest BCUT2D eigenvalue weighted by atomic mass is 127. The number of carbonyl (C=O) groups excluding carboxylic acids is 1. The first kappa shape index (κ1) is 24.7. The Morgan fingerprint density at radius 2 is 1.79 bits per heavy atom. The fraction of sp³-hybridized carbons (Fsp3) is 0.263. The third kappa shape index (κ3) is 7.89. The van der Waals surface area contributed by atoms with Gasteiger partial charge in [-0.05, 0) is 30.3 Å². The molecule has 2 rings (SSSR count). The number of methoxy groups -OCH3 is 1. The highest BCUT2D eigenvalue weighted by molar-refractivity contribution is 14.0. The van der Waals surface area contributed by atoms with E-state index >= 15 is 0 Å². The van der Waals surface area contributed by atoms with Gasteiger partial charge in [-0.2, -0.15) is 13.2 Å². The van der Waals surface area contributed by atoms with Gasteiger partial charge in [0, 0.05) is 30.5 Å². The Hall–Kier alpha value is -2.34. The second-order valence-corrected chi connectivity index (χ2v) is 5.81. The van der Waals surface area contributed by atoms with Crippen LogP contribution in [-0.4, -0.2) is 32.1 Å². The highest BCUT2D eigenvalue weighted by Gasteiger charge is 2.30. The van der Waals surface area contributed by atoms with Crippen LogP contribution in [0.2, 0.25) is 0 Å². The number of nitrogens with one attached hydrogen (secondary N) is 2. The van der Waals surface area contributed by atoms with E-state index in [0.29, 0.717) is 6.61 Å². The minimum Gasteiger partial charge on any atom is -0.380 e. The molecule has 0 spiro atoms. The summed E-state index contributed by atoms with van der Waals surface area (Å²) < 4.78 is 42.7.